The van der Waals surface area contributed by atoms with Gasteiger partial charge in [0.1, 0.15) is 11.6 Å². The smallest absolute Gasteiger partial charge is 0.191 e. The molecule has 7 heteroatoms. The normalized spacial score (nSPS) is 17.4. The molecule has 2 N–H and O–H groups in total. The first-order valence-electron chi connectivity index (χ1n) is 9.21. The number of aliphatic imine (C=N–C) groups is 1. The molecule has 1 aromatic rings. The SMILES string of the molecule is CN=C(NCCc1cc(F)ccc1F)NCC(C(C)C)N1CCOCC1. The van der Waals surface area contributed by atoms with Gasteiger partial charge in [-0.1, -0.05) is 13.8 Å². The molecule has 0 spiro atoms. The Bertz CT molecular complexity index is 589. The van der Waals surface area contributed by atoms with Crippen molar-refractivity contribution in [3.05, 3.63) is 35.4 Å². The van der Waals surface area contributed by atoms with E-state index in [1.54, 1.807) is 7.05 Å². The number of hydrogen-bond acceptors (Lipinski definition) is 3. The third-order valence-electron chi connectivity index (χ3n) is 4.68. The lowest BCUT2D eigenvalue weighted by atomic mass is 10.0. The van der Waals surface area contributed by atoms with Gasteiger partial charge in [-0.15, -0.1) is 0 Å². The van der Waals surface area contributed by atoms with Crippen molar-refractivity contribution in [2.24, 2.45) is 10.9 Å². The molecular formula is C19H30F2N4O. The number of rotatable bonds is 7. The minimum Gasteiger partial charge on any atom is -0.379 e. The Labute approximate surface area is 154 Å². The molecule has 146 valence electrons. The standard InChI is InChI=1S/C19H30F2N4O/c1-14(2)18(25-8-10-26-11-9-25)13-24-19(22-3)23-7-6-15-12-16(20)4-5-17(15)21/h4-5,12,14,18H,6-11,13H2,1-3H3,(H2,22,23,24). The second kappa shape index (κ2) is 10.4. The van der Waals surface area contributed by atoms with Crippen LogP contribution in [-0.2, 0) is 11.2 Å². The van der Waals surface area contributed by atoms with Crippen molar-refractivity contribution < 1.29 is 13.5 Å². The molecule has 0 aromatic heterocycles. The van der Waals surface area contributed by atoms with Crippen LogP contribution in [-0.4, -0.2) is 63.3 Å². The van der Waals surface area contributed by atoms with E-state index in [-0.39, 0.29) is 5.82 Å². The fourth-order valence-electron chi connectivity index (χ4n) is 3.17. The van der Waals surface area contributed by atoms with Crippen LogP contribution in [0.5, 0.6) is 0 Å². The van der Waals surface area contributed by atoms with Gasteiger partial charge in [-0.05, 0) is 36.1 Å². The Morgan fingerprint density at radius 2 is 1.96 bits per heavy atom. The maximum Gasteiger partial charge on any atom is 0.191 e. The summed E-state index contributed by atoms with van der Waals surface area (Å²) in [6.07, 6.45) is 0.390. The third kappa shape index (κ3) is 6.21. The summed E-state index contributed by atoms with van der Waals surface area (Å²) in [5.74, 6) is 0.360. The van der Waals surface area contributed by atoms with Crippen LogP contribution in [0.4, 0.5) is 8.78 Å². The number of nitrogens with zero attached hydrogens (tertiary/aromatic N) is 2. The fraction of sp³-hybridized carbons (Fsp3) is 0.632. The largest absolute Gasteiger partial charge is 0.379 e. The Balaban J connectivity index is 1.81. The highest BCUT2D eigenvalue weighted by molar-refractivity contribution is 5.79. The van der Waals surface area contributed by atoms with Crippen LogP contribution in [0.1, 0.15) is 19.4 Å². The zero-order chi connectivity index (χ0) is 18.9. The minimum absolute atomic E-state index is 0.362. The van der Waals surface area contributed by atoms with Crippen molar-refractivity contribution in [1.82, 2.24) is 15.5 Å². The highest BCUT2D eigenvalue weighted by atomic mass is 19.1. The highest BCUT2D eigenvalue weighted by Crippen LogP contribution is 2.12. The fourth-order valence-corrected chi connectivity index (χ4v) is 3.17. The lowest BCUT2D eigenvalue weighted by molar-refractivity contribution is 0.00752. The molecule has 5 nitrogen and oxygen atoms in total. The molecule has 1 unspecified atom stereocenters. The van der Waals surface area contributed by atoms with Gasteiger partial charge in [0.15, 0.2) is 5.96 Å². The van der Waals surface area contributed by atoms with Gasteiger partial charge in [-0.25, -0.2) is 8.78 Å². The first kappa shape index (κ1) is 20.6. The maximum absolute atomic E-state index is 13.7. The molecule has 1 fully saturated rings. The number of benzene rings is 1. The summed E-state index contributed by atoms with van der Waals surface area (Å²) in [4.78, 5) is 6.66. The Kier molecular flexibility index (Phi) is 8.25. The van der Waals surface area contributed by atoms with E-state index >= 15 is 0 Å². The first-order valence-corrected chi connectivity index (χ1v) is 9.21. The van der Waals surface area contributed by atoms with Crippen LogP contribution in [0.25, 0.3) is 0 Å². The van der Waals surface area contributed by atoms with Crippen LogP contribution >= 0.6 is 0 Å². The van der Waals surface area contributed by atoms with Gasteiger partial charge in [-0.2, -0.15) is 0 Å². The number of halogens is 2. The van der Waals surface area contributed by atoms with E-state index in [2.05, 4.69) is 34.4 Å². The van der Waals surface area contributed by atoms with E-state index in [0.717, 1.165) is 45.0 Å². The Morgan fingerprint density at radius 3 is 2.62 bits per heavy atom. The molecule has 1 aliphatic rings. The van der Waals surface area contributed by atoms with E-state index in [1.807, 2.05) is 0 Å². The molecule has 0 amide bonds. The van der Waals surface area contributed by atoms with E-state index in [0.29, 0.717) is 36.4 Å². The topological polar surface area (TPSA) is 48.9 Å². The quantitative estimate of drug-likeness (QED) is 0.571. The van der Waals surface area contributed by atoms with E-state index in [1.165, 1.54) is 6.07 Å². The molecular weight excluding hydrogens is 338 g/mol. The molecule has 0 aliphatic carbocycles. The molecule has 1 atom stereocenters. The lowest BCUT2D eigenvalue weighted by Crippen LogP contribution is -2.52. The summed E-state index contributed by atoms with van der Waals surface area (Å²) in [5, 5.41) is 6.52. The van der Waals surface area contributed by atoms with Crippen LogP contribution in [0, 0.1) is 17.6 Å². The molecule has 26 heavy (non-hydrogen) atoms. The van der Waals surface area contributed by atoms with Crippen molar-refractivity contribution in [1.29, 1.82) is 0 Å². The number of hydrogen-bond donors (Lipinski definition) is 2. The van der Waals surface area contributed by atoms with E-state index < -0.39 is 5.82 Å². The molecule has 1 saturated heterocycles. The van der Waals surface area contributed by atoms with Crippen LogP contribution < -0.4 is 10.6 Å². The average molecular weight is 368 g/mol. The molecule has 0 bridgehead atoms. The highest BCUT2D eigenvalue weighted by Gasteiger charge is 2.23. The predicted octanol–water partition coefficient (Wildman–Crippen LogP) is 2.03. The van der Waals surface area contributed by atoms with Crippen LogP contribution in [0.3, 0.4) is 0 Å². The maximum atomic E-state index is 13.7. The number of nitrogens with one attached hydrogen (secondary N) is 2. The second-order valence-corrected chi connectivity index (χ2v) is 6.83. The van der Waals surface area contributed by atoms with Gasteiger partial charge in [0, 0.05) is 39.3 Å². The van der Waals surface area contributed by atoms with Gasteiger partial charge in [0.2, 0.25) is 0 Å². The van der Waals surface area contributed by atoms with Crippen LogP contribution in [0.15, 0.2) is 23.2 Å². The molecule has 1 aliphatic heterocycles. The number of guanidine groups is 1. The van der Waals surface area contributed by atoms with Gasteiger partial charge in [0.25, 0.3) is 0 Å². The third-order valence-corrected chi connectivity index (χ3v) is 4.68. The lowest BCUT2D eigenvalue weighted by Gasteiger charge is -2.37. The summed E-state index contributed by atoms with van der Waals surface area (Å²) < 4.78 is 32.3. The molecule has 2 rings (SSSR count). The second-order valence-electron chi connectivity index (χ2n) is 6.83. The van der Waals surface area contributed by atoms with Gasteiger partial charge in [-0.3, -0.25) is 9.89 Å². The summed E-state index contributed by atoms with van der Waals surface area (Å²) in [6, 6.07) is 3.91. The van der Waals surface area contributed by atoms with E-state index in [9.17, 15) is 8.78 Å². The minimum atomic E-state index is -0.422. The zero-order valence-corrected chi connectivity index (χ0v) is 15.9. The monoisotopic (exact) mass is 368 g/mol. The summed E-state index contributed by atoms with van der Waals surface area (Å²) in [6.45, 7) is 9.10. The van der Waals surface area contributed by atoms with Crippen molar-refractivity contribution >= 4 is 5.96 Å². The number of morpholine rings is 1. The van der Waals surface area contributed by atoms with Gasteiger partial charge < -0.3 is 15.4 Å². The van der Waals surface area contributed by atoms with E-state index in [4.69, 9.17) is 4.74 Å². The average Bonchev–Trinajstić information content (AvgIpc) is 2.63. The van der Waals surface area contributed by atoms with Crippen molar-refractivity contribution in [2.45, 2.75) is 26.3 Å². The number of ether oxygens (including phenoxy) is 1. The molecule has 0 radical (unpaired) electrons. The van der Waals surface area contributed by atoms with Gasteiger partial charge >= 0.3 is 0 Å². The van der Waals surface area contributed by atoms with Gasteiger partial charge in [0.05, 0.1) is 13.2 Å². The zero-order valence-electron chi connectivity index (χ0n) is 15.9. The molecule has 0 saturated carbocycles. The van der Waals surface area contributed by atoms with Crippen molar-refractivity contribution in [3.8, 4) is 0 Å². The van der Waals surface area contributed by atoms with Crippen molar-refractivity contribution in [3.63, 3.8) is 0 Å². The first-order chi connectivity index (χ1) is 12.5. The molecule has 1 aromatic carbocycles. The predicted molar refractivity (Wildman–Crippen MR) is 100 cm³/mol. The summed E-state index contributed by atoms with van der Waals surface area (Å²) in [5.41, 5.74) is 0.362. The Morgan fingerprint density at radius 1 is 1.23 bits per heavy atom. The van der Waals surface area contributed by atoms with Crippen molar-refractivity contribution in [2.75, 3.05) is 46.4 Å². The summed E-state index contributed by atoms with van der Waals surface area (Å²) >= 11 is 0. The Hall–Kier alpha value is -1.73. The molecule has 1 heterocycles. The summed E-state index contributed by atoms with van der Waals surface area (Å²) in [7, 11) is 1.71. The van der Waals surface area contributed by atoms with Crippen LogP contribution in [0.2, 0.25) is 0 Å².